The van der Waals surface area contributed by atoms with E-state index in [1.165, 1.54) is 13.2 Å². The molecule has 2 bridgehead atoms. The molecule has 7 heteroatoms. The van der Waals surface area contributed by atoms with Crippen molar-refractivity contribution in [3.8, 4) is 5.75 Å². The Bertz CT molecular complexity index is 1130. The predicted molar refractivity (Wildman–Crippen MR) is 142 cm³/mol. The number of piperidine rings is 2. The van der Waals surface area contributed by atoms with Gasteiger partial charge in [-0.3, -0.25) is 9.69 Å². The van der Waals surface area contributed by atoms with Crippen LogP contribution in [-0.4, -0.2) is 36.2 Å². The standard InChI is InChI=1S/C31H40F3NO3/c1-4-20-8-13-26(14-9-20)38-28-15-12-21-10-11-22(18-27(21)29(28)31(32,33)34)19(2)35-24-6-5-7-25(35)17-23(16-24)30(36)37-3/h10-12,15,18-20,23-26H,4-9,13-14,16-17H2,1-3H3. The average molecular weight is 532 g/mol. The number of halogens is 3. The van der Waals surface area contributed by atoms with E-state index in [1.54, 1.807) is 12.1 Å². The van der Waals surface area contributed by atoms with Crippen LogP contribution in [0.2, 0.25) is 0 Å². The number of ether oxygens (including phenoxy) is 2. The van der Waals surface area contributed by atoms with Crippen molar-refractivity contribution in [3.05, 3.63) is 41.5 Å². The predicted octanol–water partition coefficient (Wildman–Crippen LogP) is 8.07. The molecule has 2 saturated heterocycles. The van der Waals surface area contributed by atoms with Crippen LogP contribution in [0.15, 0.2) is 30.3 Å². The quantitative estimate of drug-likeness (QED) is 0.353. The lowest BCUT2D eigenvalue weighted by molar-refractivity contribution is -0.150. The topological polar surface area (TPSA) is 38.8 Å². The van der Waals surface area contributed by atoms with Gasteiger partial charge in [0.1, 0.15) is 11.3 Å². The van der Waals surface area contributed by atoms with Crippen LogP contribution in [0.25, 0.3) is 10.8 Å². The number of carbonyl (C=O) groups is 1. The molecule has 2 aromatic rings. The summed E-state index contributed by atoms with van der Waals surface area (Å²) in [6.45, 7) is 4.26. The van der Waals surface area contributed by atoms with Crippen LogP contribution in [0.5, 0.6) is 5.75 Å². The highest BCUT2D eigenvalue weighted by molar-refractivity contribution is 5.89. The van der Waals surface area contributed by atoms with Crippen LogP contribution >= 0.6 is 0 Å². The zero-order valence-electron chi connectivity index (χ0n) is 22.7. The molecule has 1 saturated carbocycles. The molecule has 4 nitrogen and oxygen atoms in total. The summed E-state index contributed by atoms with van der Waals surface area (Å²) in [6, 6.07) is 9.16. The number of esters is 1. The molecular weight excluding hydrogens is 491 g/mol. The number of hydrogen-bond acceptors (Lipinski definition) is 4. The van der Waals surface area contributed by atoms with E-state index in [0.29, 0.717) is 11.3 Å². The Hall–Kier alpha value is -2.28. The van der Waals surface area contributed by atoms with E-state index in [1.807, 2.05) is 12.1 Å². The van der Waals surface area contributed by atoms with Gasteiger partial charge in [0, 0.05) is 18.1 Å². The fourth-order valence-corrected chi connectivity index (χ4v) is 7.39. The maximum Gasteiger partial charge on any atom is 0.420 e. The minimum Gasteiger partial charge on any atom is -0.490 e. The van der Waals surface area contributed by atoms with Crippen LogP contribution in [-0.2, 0) is 15.7 Å². The molecule has 38 heavy (non-hydrogen) atoms. The molecule has 208 valence electrons. The Morgan fingerprint density at radius 1 is 1.03 bits per heavy atom. The first-order valence-corrected chi connectivity index (χ1v) is 14.3. The summed E-state index contributed by atoms with van der Waals surface area (Å²) < 4.78 is 54.7. The van der Waals surface area contributed by atoms with E-state index >= 15 is 0 Å². The summed E-state index contributed by atoms with van der Waals surface area (Å²) in [6.07, 6.45) is 4.62. The summed E-state index contributed by atoms with van der Waals surface area (Å²) in [5.74, 6) is 0.352. The van der Waals surface area contributed by atoms with E-state index < -0.39 is 11.7 Å². The van der Waals surface area contributed by atoms with Crippen molar-refractivity contribution in [1.82, 2.24) is 4.90 Å². The minimum atomic E-state index is -4.52. The molecule has 0 radical (unpaired) electrons. The fourth-order valence-electron chi connectivity index (χ4n) is 7.39. The second-order valence-electron chi connectivity index (χ2n) is 11.6. The highest BCUT2D eigenvalue weighted by Gasteiger charge is 2.43. The van der Waals surface area contributed by atoms with Crippen molar-refractivity contribution in [1.29, 1.82) is 0 Å². The molecule has 0 spiro atoms. The number of carbonyl (C=O) groups excluding carboxylic acids is 1. The van der Waals surface area contributed by atoms with Crippen molar-refractivity contribution in [2.24, 2.45) is 11.8 Å². The Morgan fingerprint density at radius 3 is 2.29 bits per heavy atom. The largest absolute Gasteiger partial charge is 0.490 e. The Morgan fingerprint density at radius 2 is 1.68 bits per heavy atom. The summed E-state index contributed by atoms with van der Waals surface area (Å²) in [7, 11) is 1.44. The SMILES string of the molecule is CCC1CCC(Oc2ccc3ccc(C(C)N4C5CCCC4CC(C(=O)OC)C5)cc3c2C(F)(F)F)CC1. The molecular formula is C31H40F3NO3. The first kappa shape index (κ1) is 27.3. The van der Waals surface area contributed by atoms with Crippen LogP contribution < -0.4 is 4.74 Å². The molecule has 0 N–H and O–H groups in total. The van der Waals surface area contributed by atoms with E-state index in [-0.39, 0.29) is 47.3 Å². The third-order valence-electron chi connectivity index (χ3n) is 9.45. The van der Waals surface area contributed by atoms with Crippen LogP contribution in [0, 0.1) is 11.8 Å². The van der Waals surface area contributed by atoms with Crippen LogP contribution in [0.4, 0.5) is 13.2 Å². The molecule has 3 atom stereocenters. The maximum atomic E-state index is 14.5. The molecule has 0 aromatic heterocycles. The van der Waals surface area contributed by atoms with Gasteiger partial charge in [-0.2, -0.15) is 13.2 Å². The summed E-state index contributed by atoms with van der Waals surface area (Å²) in [4.78, 5) is 14.7. The number of fused-ring (bicyclic) bond motifs is 3. The Balaban J connectivity index is 1.45. The Labute approximate surface area is 223 Å². The van der Waals surface area contributed by atoms with Gasteiger partial charge in [-0.1, -0.05) is 38.0 Å². The molecule has 5 rings (SSSR count). The van der Waals surface area contributed by atoms with Gasteiger partial charge in [-0.15, -0.1) is 0 Å². The van der Waals surface area contributed by atoms with Gasteiger partial charge < -0.3 is 9.47 Å². The van der Waals surface area contributed by atoms with Gasteiger partial charge in [0.05, 0.1) is 19.1 Å². The number of benzene rings is 2. The van der Waals surface area contributed by atoms with Gasteiger partial charge in [0.15, 0.2) is 0 Å². The smallest absolute Gasteiger partial charge is 0.420 e. The van der Waals surface area contributed by atoms with Crippen molar-refractivity contribution < 1.29 is 27.4 Å². The summed E-state index contributed by atoms with van der Waals surface area (Å²) >= 11 is 0. The van der Waals surface area contributed by atoms with Crippen LogP contribution in [0.1, 0.15) is 95.2 Å². The van der Waals surface area contributed by atoms with Gasteiger partial charge in [-0.05, 0) is 92.7 Å². The fraction of sp³-hybridized carbons (Fsp3) is 0.645. The van der Waals surface area contributed by atoms with Crippen LogP contribution in [0.3, 0.4) is 0 Å². The molecule has 3 fully saturated rings. The molecule has 2 aliphatic heterocycles. The van der Waals surface area contributed by atoms with Gasteiger partial charge in [0.2, 0.25) is 0 Å². The first-order chi connectivity index (χ1) is 18.2. The normalized spacial score (nSPS) is 29.2. The number of methoxy groups -OCH3 is 1. The van der Waals surface area contributed by atoms with Crippen molar-refractivity contribution in [3.63, 3.8) is 0 Å². The van der Waals surface area contributed by atoms with Crippen molar-refractivity contribution in [2.45, 2.75) is 108 Å². The van der Waals surface area contributed by atoms with E-state index in [2.05, 4.69) is 18.7 Å². The number of nitrogens with zero attached hydrogens (tertiary/aromatic N) is 1. The van der Waals surface area contributed by atoms with Gasteiger partial charge in [0.25, 0.3) is 0 Å². The van der Waals surface area contributed by atoms with Gasteiger partial charge in [-0.25, -0.2) is 0 Å². The van der Waals surface area contributed by atoms with Crippen molar-refractivity contribution in [2.75, 3.05) is 7.11 Å². The minimum absolute atomic E-state index is 0.0505. The number of hydrogen-bond donors (Lipinski definition) is 0. The monoisotopic (exact) mass is 531 g/mol. The third kappa shape index (κ3) is 5.41. The summed E-state index contributed by atoms with van der Waals surface area (Å²) in [5, 5.41) is 0.774. The number of rotatable bonds is 6. The summed E-state index contributed by atoms with van der Waals surface area (Å²) in [5.41, 5.74) is 0.211. The zero-order valence-corrected chi connectivity index (χ0v) is 22.7. The molecule has 2 heterocycles. The number of alkyl halides is 3. The second-order valence-corrected chi connectivity index (χ2v) is 11.6. The van der Waals surface area contributed by atoms with Gasteiger partial charge >= 0.3 is 12.1 Å². The lowest BCUT2D eigenvalue weighted by Gasteiger charge is -2.51. The lowest BCUT2D eigenvalue weighted by atomic mass is 9.77. The average Bonchev–Trinajstić information content (AvgIpc) is 2.90. The van der Waals surface area contributed by atoms with E-state index in [4.69, 9.17) is 9.47 Å². The van der Waals surface area contributed by atoms with E-state index in [0.717, 1.165) is 69.8 Å². The molecule has 3 aliphatic rings. The Kier molecular flexibility index (Phi) is 7.95. The van der Waals surface area contributed by atoms with E-state index in [9.17, 15) is 18.0 Å². The maximum absolute atomic E-state index is 14.5. The lowest BCUT2D eigenvalue weighted by Crippen LogP contribution is -2.54. The van der Waals surface area contributed by atoms with Crippen molar-refractivity contribution >= 4 is 16.7 Å². The molecule has 3 unspecified atom stereocenters. The molecule has 2 aromatic carbocycles. The zero-order chi connectivity index (χ0) is 27.0. The molecule has 1 aliphatic carbocycles. The molecule has 0 amide bonds. The second kappa shape index (κ2) is 11.1. The first-order valence-electron chi connectivity index (χ1n) is 14.3. The highest BCUT2D eigenvalue weighted by Crippen LogP contribution is 2.46. The highest BCUT2D eigenvalue weighted by atomic mass is 19.4. The third-order valence-corrected chi connectivity index (χ3v) is 9.45.